The minimum atomic E-state index is 0.139. The molecule has 0 aromatic heterocycles. The molecule has 0 aliphatic carbocycles. The van der Waals surface area contributed by atoms with Gasteiger partial charge in [-0.15, -0.1) is 0 Å². The van der Waals surface area contributed by atoms with E-state index in [9.17, 15) is 0 Å². The van der Waals surface area contributed by atoms with Crippen LogP contribution >= 0.6 is 46.4 Å². The lowest BCUT2D eigenvalue weighted by atomic mass is 10.0. The Morgan fingerprint density at radius 3 is 2.33 bits per heavy atom. The smallest absolute Gasteiger partial charge is 0.156 e. The molecule has 0 aliphatic heterocycles. The van der Waals surface area contributed by atoms with E-state index in [2.05, 4.69) is 24.3 Å². The summed E-state index contributed by atoms with van der Waals surface area (Å²) in [6.07, 6.45) is 2.27. The molecule has 6 heteroatoms. The van der Waals surface area contributed by atoms with Gasteiger partial charge in [0.15, 0.2) is 5.75 Å². The standard InChI is InChI=1S/C21H16Cl4O2/c22-18-12-16(26-11-9-20(24)25)13-19(23)21(18)27-10-8-15-6-3-5-14-4-1-2-7-17(14)15/h1-7,9,12-13H,8,10-11H2. The van der Waals surface area contributed by atoms with Crippen molar-refractivity contribution in [3.63, 3.8) is 0 Å². The number of halogens is 4. The molecule has 140 valence electrons. The Morgan fingerprint density at radius 1 is 0.889 bits per heavy atom. The topological polar surface area (TPSA) is 18.5 Å². The van der Waals surface area contributed by atoms with Crippen molar-refractivity contribution in [1.82, 2.24) is 0 Å². The number of hydrogen-bond donors (Lipinski definition) is 0. The van der Waals surface area contributed by atoms with E-state index in [1.165, 1.54) is 22.4 Å². The molecule has 0 bridgehead atoms. The lowest BCUT2D eigenvalue weighted by Gasteiger charge is -2.13. The Labute approximate surface area is 178 Å². The van der Waals surface area contributed by atoms with Gasteiger partial charge in [-0.25, -0.2) is 0 Å². The highest BCUT2D eigenvalue weighted by atomic mass is 35.5. The van der Waals surface area contributed by atoms with E-state index in [1.807, 2.05) is 18.2 Å². The molecule has 3 aromatic carbocycles. The first kappa shape index (κ1) is 20.2. The van der Waals surface area contributed by atoms with Crippen molar-refractivity contribution in [2.24, 2.45) is 0 Å². The molecule has 0 spiro atoms. The zero-order valence-corrected chi connectivity index (χ0v) is 17.2. The normalized spacial score (nSPS) is 10.7. The van der Waals surface area contributed by atoms with E-state index in [1.54, 1.807) is 12.1 Å². The summed E-state index contributed by atoms with van der Waals surface area (Å²) in [6, 6.07) is 17.8. The molecule has 0 heterocycles. The van der Waals surface area contributed by atoms with Gasteiger partial charge in [0.2, 0.25) is 0 Å². The van der Waals surface area contributed by atoms with Crippen molar-refractivity contribution in [3.05, 3.63) is 80.8 Å². The van der Waals surface area contributed by atoms with Crippen LogP contribution in [0, 0.1) is 0 Å². The molecule has 0 N–H and O–H groups in total. The van der Waals surface area contributed by atoms with E-state index in [0.29, 0.717) is 28.2 Å². The number of fused-ring (bicyclic) bond motifs is 1. The summed E-state index contributed by atoms with van der Waals surface area (Å²) in [5.41, 5.74) is 1.21. The number of ether oxygens (including phenoxy) is 2. The van der Waals surface area contributed by atoms with Crippen LogP contribution in [-0.2, 0) is 6.42 Å². The van der Waals surface area contributed by atoms with Crippen LogP contribution in [0.3, 0.4) is 0 Å². The highest BCUT2D eigenvalue weighted by molar-refractivity contribution is 6.55. The molecule has 3 rings (SSSR count). The van der Waals surface area contributed by atoms with Gasteiger partial charge in [-0.1, -0.05) is 88.9 Å². The zero-order chi connectivity index (χ0) is 19.2. The molecule has 0 amide bonds. The average Bonchev–Trinajstić information content (AvgIpc) is 2.64. The fourth-order valence-electron chi connectivity index (χ4n) is 2.73. The van der Waals surface area contributed by atoms with Crippen molar-refractivity contribution >= 4 is 57.2 Å². The van der Waals surface area contributed by atoms with Crippen LogP contribution in [0.2, 0.25) is 10.0 Å². The second-order valence-corrected chi connectivity index (χ2v) is 7.58. The number of benzene rings is 3. The number of hydrogen-bond acceptors (Lipinski definition) is 2. The maximum Gasteiger partial charge on any atom is 0.156 e. The minimum absolute atomic E-state index is 0.139. The third-order valence-electron chi connectivity index (χ3n) is 3.96. The minimum Gasteiger partial charge on any atom is -0.490 e. The van der Waals surface area contributed by atoms with Crippen LogP contribution < -0.4 is 9.47 Å². The maximum atomic E-state index is 6.30. The zero-order valence-electron chi connectivity index (χ0n) is 14.2. The lowest BCUT2D eigenvalue weighted by Crippen LogP contribution is -2.03. The van der Waals surface area contributed by atoms with Crippen molar-refractivity contribution in [1.29, 1.82) is 0 Å². The summed E-state index contributed by atoms with van der Waals surface area (Å²) >= 11 is 23.7. The van der Waals surface area contributed by atoms with Crippen LogP contribution in [0.25, 0.3) is 10.8 Å². The first-order valence-electron chi connectivity index (χ1n) is 8.27. The third kappa shape index (κ3) is 5.46. The van der Waals surface area contributed by atoms with Crippen LogP contribution in [0.1, 0.15) is 5.56 Å². The van der Waals surface area contributed by atoms with Gasteiger partial charge < -0.3 is 9.47 Å². The molecule has 0 atom stereocenters. The Balaban J connectivity index is 1.66. The van der Waals surface area contributed by atoms with E-state index in [-0.39, 0.29) is 11.1 Å². The third-order valence-corrected chi connectivity index (χ3v) is 4.83. The van der Waals surface area contributed by atoms with Crippen LogP contribution in [-0.4, -0.2) is 13.2 Å². The maximum absolute atomic E-state index is 6.30. The van der Waals surface area contributed by atoms with Gasteiger partial charge in [0.25, 0.3) is 0 Å². The van der Waals surface area contributed by atoms with Gasteiger partial charge >= 0.3 is 0 Å². The average molecular weight is 442 g/mol. The highest BCUT2D eigenvalue weighted by Crippen LogP contribution is 2.37. The molecular weight excluding hydrogens is 426 g/mol. The summed E-state index contributed by atoms with van der Waals surface area (Å²) in [4.78, 5) is 0. The quantitative estimate of drug-likeness (QED) is 0.378. The SMILES string of the molecule is ClC(Cl)=CCOc1cc(Cl)c(OCCc2cccc3ccccc23)c(Cl)c1. The Morgan fingerprint density at radius 2 is 1.59 bits per heavy atom. The highest BCUT2D eigenvalue weighted by Gasteiger charge is 2.11. The van der Waals surface area contributed by atoms with Crippen LogP contribution in [0.5, 0.6) is 11.5 Å². The fourth-order valence-corrected chi connectivity index (χ4v) is 3.43. The van der Waals surface area contributed by atoms with Crippen molar-refractivity contribution in [2.45, 2.75) is 6.42 Å². The predicted octanol–water partition coefficient (Wildman–Crippen LogP) is 7.47. The molecule has 0 saturated heterocycles. The van der Waals surface area contributed by atoms with Gasteiger partial charge in [-0.2, -0.15) is 0 Å². The van der Waals surface area contributed by atoms with Crippen molar-refractivity contribution < 1.29 is 9.47 Å². The Kier molecular flexibility index (Phi) is 7.14. The van der Waals surface area contributed by atoms with Gasteiger partial charge in [0, 0.05) is 18.6 Å². The lowest BCUT2D eigenvalue weighted by molar-refractivity contribution is 0.320. The monoisotopic (exact) mass is 440 g/mol. The molecule has 0 fully saturated rings. The Hall–Kier alpha value is -1.58. The molecule has 0 saturated carbocycles. The Bertz CT molecular complexity index is 937. The van der Waals surface area contributed by atoms with Crippen molar-refractivity contribution in [3.8, 4) is 11.5 Å². The molecule has 0 unspecified atom stereocenters. The van der Waals surface area contributed by atoms with Crippen LogP contribution in [0.15, 0.2) is 65.2 Å². The largest absolute Gasteiger partial charge is 0.490 e. The molecule has 3 aromatic rings. The molecular formula is C21H16Cl4O2. The first-order chi connectivity index (χ1) is 13.0. The molecule has 2 nitrogen and oxygen atoms in total. The molecule has 27 heavy (non-hydrogen) atoms. The van der Waals surface area contributed by atoms with E-state index in [0.717, 1.165) is 6.42 Å². The summed E-state index contributed by atoms with van der Waals surface area (Å²) in [5, 5.41) is 3.20. The molecule has 0 aliphatic rings. The van der Waals surface area contributed by atoms with Gasteiger partial charge in [0.1, 0.15) is 16.8 Å². The second-order valence-electron chi connectivity index (χ2n) is 5.76. The first-order valence-corrected chi connectivity index (χ1v) is 9.78. The summed E-state index contributed by atoms with van der Waals surface area (Å²) in [5.74, 6) is 0.953. The molecule has 0 radical (unpaired) electrons. The van der Waals surface area contributed by atoms with E-state index >= 15 is 0 Å². The predicted molar refractivity (Wildman–Crippen MR) is 115 cm³/mol. The number of rotatable bonds is 7. The van der Waals surface area contributed by atoms with E-state index < -0.39 is 0 Å². The van der Waals surface area contributed by atoms with Gasteiger partial charge in [0.05, 0.1) is 16.7 Å². The summed E-state index contributed by atoms with van der Waals surface area (Å²) in [6.45, 7) is 0.675. The van der Waals surface area contributed by atoms with Crippen molar-refractivity contribution in [2.75, 3.05) is 13.2 Å². The van der Waals surface area contributed by atoms with E-state index in [4.69, 9.17) is 55.9 Å². The van der Waals surface area contributed by atoms with Gasteiger partial charge in [-0.05, 0) is 22.4 Å². The van der Waals surface area contributed by atoms with Gasteiger partial charge in [-0.3, -0.25) is 0 Å². The fraction of sp³-hybridized carbons (Fsp3) is 0.143. The summed E-state index contributed by atoms with van der Waals surface area (Å²) in [7, 11) is 0. The second kappa shape index (κ2) is 9.57. The van der Waals surface area contributed by atoms with Crippen LogP contribution in [0.4, 0.5) is 0 Å². The summed E-state index contributed by atoms with van der Waals surface area (Å²) < 4.78 is 11.5.